The van der Waals surface area contributed by atoms with Gasteiger partial charge in [0, 0.05) is 0 Å². The van der Waals surface area contributed by atoms with E-state index in [9.17, 15) is 4.79 Å². The van der Waals surface area contributed by atoms with E-state index in [-0.39, 0.29) is 5.97 Å². The van der Waals surface area contributed by atoms with E-state index < -0.39 is 0 Å². The summed E-state index contributed by atoms with van der Waals surface area (Å²) in [5.74, 6) is 0.364. The quantitative estimate of drug-likeness (QED) is 0.779. The minimum absolute atomic E-state index is 0.336. The maximum Gasteiger partial charge on any atom is 0.339 e. The van der Waals surface area contributed by atoms with Crippen LogP contribution in [0.4, 0.5) is 0 Å². The Morgan fingerprint density at radius 2 is 2.22 bits per heavy atom. The van der Waals surface area contributed by atoms with Crippen molar-refractivity contribution < 1.29 is 13.9 Å². The Kier molecular flexibility index (Phi) is 3.46. The summed E-state index contributed by atoms with van der Waals surface area (Å²) in [7, 11) is 0. The van der Waals surface area contributed by atoms with Crippen LogP contribution in [0.25, 0.3) is 11.5 Å². The summed E-state index contributed by atoms with van der Waals surface area (Å²) in [5.41, 5.74) is 2.79. The molecule has 0 fully saturated rings. The van der Waals surface area contributed by atoms with E-state index in [4.69, 9.17) is 9.15 Å². The van der Waals surface area contributed by atoms with Gasteiger partial charge in [-0.05, 0) is 44.5 Å². The molecule has 0 bridgehead atoms. The van der Waals surface area contributed by atoms with E-state index in [1.54, 1.807) is 26.2 Å². The van der Waals surface area contributed by atoms with Gasteiger partial charge in [0.2, 0.25) is 0 Å². The third-order valence-corrected chi connectivity index (χ3v) is 2.65. The summed E-state index contributed by atoms with van der Waals surface area (Å²) in [6, 6.07) is 5.45. The molecule has 2 aromatic heterocycles. The molecule has 18 heavy (non-hydrogen) atoms. The molecule has 0 radical (unpaired) electrons. The maximum atomic E-state index is 11.7. The zero-order valence-corrected chi connectivity index (χ0v) is 10.7. The fraction of sp³-hybridized carbons (Fsp3) is 0.286. The molecule has 0 aromatic carbocycles. The molecule has 2 aromatic rings. The first kappa shape index (κ1) is 12.4. The van der Waals surface area contributed by atoms with Gasteiger partial charge in [-0.3, -0.25) is 0 Å². The number of nitrogens with zero attached hydrogens (tertiary/aromatic N) is 1. The van der Waals surface area contributed by atoms with Crippen molar-refractivity contribution in [2.45, 2.75) is 20.8 Å². The minimum atomic E-state index is -0.336. The Balaban J connectivity index is 2.44. The summed E-state index contributed by atoms with van der Waals surface area (Å²) in [4.78, 5) is 16.2. The van der Waals surface area contributed by atoms with Gasteiger partial charge in [0.15, 0.2) is 5.76 Å². The van der Waals surface area contributed by atoms with E-state index in [0.717, 1.165) is 11.3 Å². The third-order valence-electron chi connectivity index (χ3n) is 2.65. The van der Waals surface area contributed by atoms with Gasteiger partial charge < -0.3 is 9.15 Å². The zero-order valence-electron chi connectivity index (χ0n) is 10.7. The van der Waals surface area contributed by atoms with Crippen molar-refractivity contribution in [2.24, 2.45) is 0 Å². The van der Waals surface area contributed by atoms with E-state index in [0.29, 0.717) is 23.6 Å². The van der Waals surface area contributed by atoms with Crippen LogP contribution in [-0.4, -0.2) is 17.6 Å². The second-order valence-corrected chi connectivity index (χ2v) is 3.98. The summed E-state index contributed by atoms with van der Waals surface area (Å²) < 4.78 is 10.3. The summed E-state index contributed by atoms with van der Waals surface area (Å²) in [5, 5.41) is 0. The van der Waals surface area contributed by atoms with Crippen molar-refractivity contribution in [1.29, 1.82) is 0 Å². The van der Waals surface area contributed by atoms with Crippen LogP contribution in [0.15, 0.2) is 28.9 Å². The van der Waals surface area contributed by atoms with Gasteiger partial charge in [-0.25, -0.2) is 9.78 Å². The van der Waals surface area contributed by atoms with E-state index in [1.165, 1.54) is 0 Å². The molecule has 4 heteroatoms. The van der Waals surface area contributed by atoms with Gasteiger partial charge in [-0.1, -0.05) is 0 Å². The number of hydrogen-bond acceptors (Lipinski definition) is 4. The van der Waals surface area contributed by atoms with Crippen molar-refractivity contribution in [3.05, 3.63) is 41.3 Å². The topological polar surface area (TPSA) is 52.3 Å². The molecule has 4 nitrogen and oxygen atoms in total. The van der Waals surface area contributed by atoms with Crippen LogP contribution in [0.1, 0.15) is 28.5 Å². The number of esters is 1. The fourth-order valence-corrected chi connectivity index (χ4v) is 1.78. The molecule has 0 aliphatic carbocycles. The first-order valence-electron chi connectivity index (χ1n) is 5.82. The first-order chi connectivity index (χ1) is 8.63. The lowest BCUT2D eigenvalue weighted by Crippen LogP contribution is -2.09. The Morgan fingerprint density at radius 1 is 1.44 bits per heavy atom. The summed E-state index contributed by atoms with van der Waals surface area (Å²) >= 11 is 0. The average Bonchev–Trinajstić information content (AvgIpc) is 2.85. The Hall–Kier alpha value is -2.10. The lowest BCUT2D eigenvalue weighted by Gasteiger charge is -2.09. The van der Waals surface area contributed by atoms with Gasteiger partial charge in [0.25, 0.3) is 0 Å². The summed E-state index contributed by atoms with van der Waals surface area (Å²) in [6.45, 7) is 5.83. The number of pyridine rings is 1. The lowest BCUT2D eigenvalue weighted by molar-refractivity contribution is 0.0525. The minimum Gasteiger partial charge on any atom is -0.463 e. The SMILES string of the molecule is CCOC(=O)c1cc(C)c(-c2ccco2)nc1C. The number of ether oxygens (including phenoxy) is 1. The number of aromatic nitrogens is 1. The van der Waals surface area contributed by atoms with Crippen LogP contribution in [0.5, 0.6) is 0 Å². The predicted octanol–water partition coefficient (Wildman–Crippen LogP) is 3.14. The van der Waals surface area contributed by atoms with Crippen molar-refractivity contribution >= 4 is 5.97 Å². The lowest BCUT2D eigenvalue weighted by atomic mass is 10.1. The molecule has 94 valence electrons. The molecule has 0 saturated heterocycles. The largest absolute Gasteiger partial charge is 0.463 e. The molecule has 0 aliphatic rings. The Bertz CT molecular complexity index is 559. The van der Waals surface area contributed by atoms with E-state index in [1.807, 2.05) is 19.1 Å². The second kappa shape index (κ2) is 5.04. The molecule has 0 N–H and O–H groups in total. The van der Waals surface area contributed by atoms with Crippen molar-refractivity contribution in [3.63, 3.8) is 0 Å². The van der Waals surface area contributed by atoms with Gasteiger partial charge >= 0.3 is 5.97 Å². The second-order valence-electron chi connectivity index (χ2n) is 3.98. The van der Waals surface area contributed by atoms with Crippen LogP contribution < -0.4 is 0 Å². The van der Waals surface area contributed by atoms with Crippen molar-refractivity contribution in [1.82, 2.24) is 4.98 Å². The van der Waals surface area contributed by atoms with Gasteiger partial charge in [-0.15, -0.1) is 0 Å². The molecular weight excluding hydrogens is 230 g/mol. The summed E-state index contributed by atoms with van der Waals surface area (Å²) in [6.07, 6.45) is 1.60. The number of furan rings is 1. The van der Waals surface area contributed by atoms with E-state index in [2.05, 4.69) is 4.98 Å². The molecular formula is C14H15NO3. The van der Waals surface area contributed by atoms with Gasteiger partial charge in [-0.2, -0.15) is 0 Å². The fourth-order valence-electron chi connectivity index (χ4n) is 1.78. The van der Waals surface area contributed by atoms with Crippen LogP contribution in [0, 0.1) is 13.8 Å². The van der Waals surface area contributed by atoms with Crippen molar-refractivity contribution in [2.75, 3.05) is 6.61 Å². The number of hydrogen-bond donors (Lipinski definition) is 0. The van der Waals surface area contributed by atoms with Gasteiger partial charge in [0.1, 0.15) is 5.69 Å². The molecule has 0 saturated carbocycles. The number of carbonyl (C=O) groups excluding carboxylic acids is 1. The molecule has 2 heterocycles. The van der Waals surface area contributed by atoms with E-state index >= 15 is 0 Å². The maximum absolute atomic E-state index is 11.7. The predicted molar refractivity (Wildman–Crippen MR) is 67.4 cm³/mol. The molecule has 0 spiro atoms. The highest BCUT2D eigenvalue weighted by Gasteiger charge is 2.15. The van der Waals surface area contributed by atoms with Gasteiger partial charge in [0.05, 0.1) is 24.1 Å². The van der Waals surface area contributed by atoms with Crippen LogP contribution in [-0.2, 0) is 4.74 Å². The zero-order chi connectivity index (χ0) is 13.1. The first-order valence-corrected chi connectivity index (χ1v) is 5.82. The molecule has 0 atom stereocenters. The highest BCUT2D eigenvalue weighted by atomic mass is 16.5. The highest BCUT2D eigenvalue weighted by molar-refractivity contribution is 5.91. The molecule has 0 unspecified atom stereocenters. The molecule has 0 aliphatic heterocycles. The van der Waals surface area contributed by atoms with Crippen LogP contribution >= 0.6 is 0 Å². The van der Waals surface area contributed by atoms with Crippen LogP contribution in [0.3, 0.4) is 0 Å². The standard InChI is InChI=1S/C14H15NO3/c1-4-17-14(16)11-8-9(2)13(15-10(11)3)12-6-5-7-18-12/h5-8H,4H2,1-3H3. The monoisotopic (exact) mass is 245 g/mol. The smallest absolute Gasteiger partial charge is 0.339 e. The highest BCUT2D eigenvalue weighted by Crippen LogP contribution is 2.24. The number of carbonyl (C=O) groups is 1. The van der Waals surface area contributed by atoms with Crippen LogP contribution in [0.2, 0.25) is 0 Å². The molecule has 2 rings (SSSR count). The Morgan fingerprint density at radius 3 is 2.83 bits per heavy atom. The average molecular weight is 245 g/mol. The molecule has 0 amide bonds. The number of rotatable bonds is 3. The third kappa shape index (κ3) is 2.27. The Labute approximate surface area is 106 Å². The number of aryl methyl sites for hydroxylation is 2. The normalized spacial score (nSPS) is 10.4. The van der Waals surface area contributed by atoms with Crippen molar-refractivity contribution in [3.8, 4) is 11.5 Å².